The first kappa shape index (κ1) is 19.4. The summed E-state index contributed by atoms with van der Waals surface area (Å²) in [5.41, 5.74) is 0.636. The fraction of sp³-hybridized carbons (Fsp3) is 0.182. The molecular weight excluding hydrogens is 384 g/mol. The number of likely N-dealkylation sites (N-methyl/N-ethyl adjacent to an activating group) is 1. The molecule has 1 atom stereocenters. The summed E-state index contributed by atoms with van der Waals surface area (Å²) in [6.07, 6.45) is 0.529. The second-order valence-corrected chi connectivity index (χ2v) is 7.08. The van der Waals surface area contributed by atoms with E-state index in [2.05, 4.69) is 5.10 Å². The minimum absolute atomic E-state index is 0.128. The fourth-order valence-electron chi connectivity index (χ4n) is 3.63. The normalized spacial score (nSPS) is 16.0. The van der Waals surface area contributed by atoms with Crippen LogP contribution in [0.3, 0.4) is 0 Å². The number of H-pyrrole nitrogens is 1. The van der Waals surface area contributed by atoms with Crippen LogP contribution >= 0.6 is 0 Å². The monoisotopic (exact) mass is 404 g/mol. The molecule has 3 aromatic rings. The molecule has 0 bridgehead atoms. The van der Waals surface area contributed by atoms with Crippen LogP contribution in [0.4, 0.5) is 5.69 Å². The molecule has 2 heterocycles. The smallest absolute Gasteiger partial charge is 0.269 e. The van der Waals surface area contributed by atoms with Gasteiger partial charge in [-0.1, -0.05) is 24.3 Å². The summed E-state index contributed by atoms with van der Waals surface area (Å²) in [6.45, 7) is 0.534. The molecule has 1 unspecified atom stereocenters. The van der Waals surface area contributed by atoms with E-state index in [1.165, 1.54) is 11.0 Å². The van der Waals surface area contributed by atoms with Crippen molar-refractivity contribution in [1.82, 2.24) is 14.7 Å². The van der Waals surface area contributed by atoms with E-state index in [4.69, 9.17) is 0 Å². The Bertz CT molecular complexity index is 1220. The molecule has 2 amide bonds. The number of rotatable bonds is 4. The maximum atomic E-state index is 13.1. The van der Waals surface area contributed by atoms with Gasteiger partial charge in [-0.15, -0.1) is 0 Å². The van der Waals surface area contributed by atoms with Crippen molar-refractivity contribution in [3.8, 4) is 5.69 Å². The Morgan fingerprint density at radius 1 is 0.967 bits per heavy atom. The van der Waals surface area contributed by atoms with Gasteiger partial charge in [-0.05, 0) is 36.8 Å². The van der Waals surface area contributed by atoms with Gasteiger partial charge in [-0.3, -0.25) is 24.3 Å². The summed E-state index contributed by atoms with van der Waals surface area (Å²) in [7, 11) is 1.60. The molecule has 1 N–H and O–H groups in total. The highest BCUT2D eigenvalue weighted by molar-refractivity contribution is 6.03. The Morgan fingerprint density at radius 3 is 2.47 bits per heavy atom. The number of hydrogen-bond acceptors (Lipinski definition) is 4. The summed E-state index contributed by atoms with van der Waals surface area (Å²) in [5.74, 6) is -0.465. The summed E-state index contributed by atoms with van der Waals surface area (Å²) < 4.78 is 1.08. The highest BCUT2D eigenvalue weighted by Gasteiger charge is 2.37. The molecule has 1 fully saturated rings. The highest BCUT2D eigenvalue weighted by Crippen LogP contribution is 2.24. The lowest BCUT2D eigenvalue weighted by Crippen LogP contribution is -2.43. The number of para-hydroxylation sites is 1. The third-order valence-electron chi connectivity index (χ3n) is 5.20. The standard InChI is InChI=1S/C22H20N4O4/c1-24(18-12-13-25(22(18)30)16-7-3-2-4-8-16)21(29)15-6-5-9-17(14-15)26-20(28)11-10-19(27)23-26/h2-11,14,18H,12-13H2,1H3,(H,23,27). The zero-order valence-electron chi connectivity index (χ0n) is 16.3. The van der Waals surface area contributed by atoms with Gasteiger partial charge in [-0.25, -0.2) is 4.68 Å². The third-order valence-corrected chi connectivity index (χ3v) is 5.20. The van der Waals surface area contributed by atoms with E-state index in [0.29, 0.717) is 24.2 Å². The summed E-state index contributed by atoms with van der Waals surface area (Å²) in [6, 6.07) is 17.5. The minimum atomic E-state index is -0.569. The number of carbonyl (C=O) groups is 2. The zero-order valence-corrected chi connectivity index (χ0v) is 16.3. The van der Waals surface area contributed by atoms with E-state index in [1.54, 1.807) is 30.1 Å². The van der Waals surface area contributed by atoms with Crippen LogP contribution in [0.1, 0.15) is 16.8 Å². The molecule has 4 rings (SSSR count). The Labute approximate surface area is 172 Å². The molecule has 0 radical (unpaired) electrons. The van der Waals surface area contributed by atoms with Crippen LogP contribution in [0.15, 0.2) is 76.3 Å². The number of aromatic nitrogens is 2. The lowest BCUT2D eigenvalue weighted by atomic mass is 10.1. The van der Waals surface area contributed by atoms with Crippen molar-refractivity contribution in [2.45, 2.75) is 12.5 Å². The van der Waals surface area contributed by atoms with Gasteiger partial charge in [0.15, 0.2) is 0 Å². The number of amides is 2. The molecule has 0 aliphatic carbocycles. The van der Waals surface area contributed by atoms with Crippen LogP contribution in [0.5, 0.6) is 0 Å². The second kappa shape index (κ2) is 7.82. The van der Waals surface area contributed by atoms with Gasteiger partial charge in [-0.2, -0.15) is 0 Å². The van der Waals surface area contributed by atoms with Crippen LogP contribution in [0, 0.1) is 0 Å². The van der Waals surface area contributed by atoms with Crippen LogP contribution in [0.25, 0.3) is 5.69 Å². The van der Waals surface area contributed by atoms with Gasteiger partial charge >= 0.3 is 0 Å². The Hall–Kier alpha value is -3.94. The second-order valence-electron chi connectivity index (χ2n) is 7.08. The fourth-order valence-corrected chi connectivity index (χ4v) is 3.63. The number of nitrogens with one attached hydrogen (secondary N) is 1. The first-order valence-electron chi connectivity index (χ1n) is 9.52. The average Bonchev–Trinajstić information content (AvgIpc) is 3.16. The predicted molar refractivity (Wildman–Crippen MR) is 112 cm³/mol. The number of hydrogen-bond donors (Lipinski definition) is 1. The van der Waals surface area contributed by atoms with Crippen molar-refractivity contribution in [2.24, 2.45) is 0 Å². The molecule has 0 spiro atoms. The Balaban J connectivity index is 1.58. The van der Waals surface area contributed by atoms with Gasteiger partial charge in [0, 0.05) is 37.0 Å². The van der Waals surface area contributed by atoms with Crippen LogP contribution in [0.2, 0.25) is 0 Å². The van der Waals surface area contributed by atoms with Crippen molar-refractivity contribution in [1.29, 1.82) is 0 Å². The summed E-state index contributed by atoms with van der Waals surface area (Å²) in [4.78, 5) is 52.7. The summed E-state index contributed by atoms with van der Waals surface area (Å²) >= 11 is 0. The third kappa shape index (κ3) is 3.55. The topological polar surface area (TPSA) is 95.5 Å². The number of nitrogens with zero attached hydrogens (tertiary/aromatic N) is 3. The first-order chi connectivity index (χ1) is 14.5. The summed E-state index contributed by atoms with van der Waals surface area (Å²) in [5, 5.41) is 2.44. The molecule has 152 valence electrons. The van der Waals surface area contributed by atoms with E-state index >= 15 is 0 Å². The van der Waals surface area contributed by atoms with Gasteiger partial charge in [0.05, 0.1) is 5.69 Å². The molecule has 1 aromatic heterocycles. The molecule has 1 aliphatic heterocycles. The number of aromatic amines is 1. The van der Waals surface area contributed by atoms with Crippen molar-refractivity contribution in [3.63, 3.8) is 0 Å². The lowest BCUT2D eigenvalue weighted by molar-refractivity contribution is -0.120. The maximum Gasteiger partial charge on any atom is 0.269 e. The minimum Gasteiger partial charge on any atom is -0.330 e. The lowest BCUT2D eigenvalue weighted by Gasteiger charge is -2.24. The first-order valence-corrected chi connectivity index (χ1v) is 9.52. The molecule has 0 saturated carbocycles. The van der Waals surface area contributed by atoms with E-state index < -0.39 is 17.2 Å². The molecule has 8 heteroatoms. The number of benzene rings is 2. The SMILES string of the molecule is CN(C(=O)c1cccc(-n2[nH]c(=O)ccc2=O)c1)C1CCN(c2ccccc2)C1=O. The largest absolute Gasteiger partial charge is 0.330 e. The van der Waals surface area contributed by atoms with Crippen molar-refractivity contribution >= 4 is 17.5 Å². The van der Waals surface area contributed by atoms with E-state index in [0.717, 1.165) is 22.5 Å². The quantitative estimate of drug-likeness (QED) is 0.711. The van der Waals surface area contributed by atoms with Crippen molar-refractivity contribution in [2.75, 3.05) is 18.5 Å². The van der Waals surface area contributed by atoms with Crippen LogP contribution < -0.4 is 16.0 Å². The average molecular weight is 404 g/mol. The van der Waals surface area contributed by atoms with Gasteiger partial charge in [0.25, 0.3) is 17.0 Å². The van der Waals surface area contributed by atoms with Crippen molar-refractivity contribution < 1.29 is 9.59 Å². The predicted octanol–water partition coefficient (Wildman–Crippen LogP) is 1.40. The number of anilines is 1. The molecule has 30 heavy (non-hydrogen) atoms. The maximum absolute atomic E-state index is 13.1. The van der Waals surface area contributed by atoms with E-state index in [9.17, 15) is 19.2 Å². The molecule has 2 aromatic carbocycles. The molecule has 8 nitrogen and oxygen atoms in total. The van der Waals surface area contributed by atoms with Crippen LogP contribution in [-0.2, 0) is 4.79 Å². The zero-order chi connectivity index (χ0) is 21.3. The van der Waals surface area contributed by atoms with Gasteiger partial charge in [0.2, 0.25) is 5.91 Å². The molecule has 1 saturated heterocycles. The van der Waals surface area contributed by atoms with Crippen LogP contribution in [-0.4, -0.2) is 46.1 Å². The van der Waals surface area contributed by atoms with Gasteiger partial charge in [0.1, 0.15) is 6.04 Å². The Morgan fingerprint density at radius 2 is 1.70 bits per heavy atom. The molecule has 1 aliphatic rings. The van der Waals surface area contributed by atoms with Crippen molar-refractivity contribution in [3.05, 3.63) is 93.0 Å². The number of carbonyl (C=O) groups excluding carboxylic acids is 2. The van der Waals surface area contributed by atoms with E-state index in [-0.39, 0.29) is 11.8 Å². The highest BCUT2D eigenvalue weighted by atomic mass is 16.2. The Kier molecular flexibility index (Phi) is 5.05. The van der Waals surface area contributed by atoms with E-state index in [1.807, 2.05) is 30.3 Å². The van der Waals surface area contributed by atoms with Gasteiger partial charge < -0.3 is 9.80 Å². The molecular formula is C22H20N4O4.